The van der Waals surface area contributed by atoms with Gasteiger partial charge in [0.05, 0.1) is 29.6 Å². The lowest BCUT2D eigenvalue weighted by Crippen LogP contribution is -2.07. The van der Waals surface area contributed by atoms with E-state index < -0.39 is 15.0 Å². The molecular weight excluding hydrogens is 506 g/mol. The Labute approximate surface area is 222 Å². The van der Waals surface area contributed by atoms with Gasteiger partial charge in [0.15, 0.2) is 0 Å². The quantitative estimate of drug-likeness (QED) is 0.0585. The molecular formula is C29H31NO7S. The van der Waals surface area contributed by atoms with Crippen LogP contribution in [0.4, 0.5) is 5.69 Å². The van der Waals surface area contributed by atoms with Gasteiger partial charge in [0.1, 0.15) is 11.5 Å². The van der Waals surface area contributed by atoms with Crippen molar-refractivity contribution in [2.45, 2.75) is 51.0 Å². The van der Waals surface area contributed by atoms with Crippen LogP contribution in [0.15, 0.2) is 71.6 Å². The summed E-state index contributed by atoms with van der Waals surface area (Å²) in [5.74, 6) is 1.31. The fourth-order valence-electron chi connectivity index (χ4n) is 4.11. The van der Waals surface area contributed by atoms with E-state index >= 15 is 0 Å². The van der Waals surface area contributed by atoms with E-state index in [1.54, 1.807) is 12.1 Å². The second kappa shape index (κ2) is 12.2. The van der Waals surface area contributed by atoms with Crippen molar-refractivity contribution in [3.05, 3.63) is 82.4 Å². The summed E-state index contributed by atoms with van der Waals surface area (Å²) in [6.45, 7) is 4.97. The number of ether oxygens (including phenoxy) is 2. The number of fused-ring (bicyclic) bond motifs is 2. The van der Waals surface area contributed by atoms with Crippen molar-refractivity contribution in [1.29, 1.82) is 0 Å². The van der Waals surface area contributed by atoms with Crippen LogP contribution in [-0.2, 0) is 20.9 Å². The number of hydrogen-bond acceptors (Lipinski definition) is 7. The zero-order valence-electron chi connectivity index (χ0n) is 21.5. The molecule has 4 aromatic rings. The van der Waals surface area contributed by atoms with Crippen molar-refractivity contribution in [3.63, 3.8) is 0 Å². The Balaban J connectivity index is 1.75. The Hall–Kier alpha value is -3.69. The first-order chi connectivity index (χ1) is 18.4. The van der Waals surface area contributed by atoms with E-state index in [1.165, 1.54) is 30.3 Å². The highest BCUT2D eigenvalue weighted by molar-refractivity contribution is 7.86. The molecule has 9 heteroatoms. The number of benzene rings is 4. The summed E-state index contributed by atoms with van der Waals surface area (Å²) >= 11 is 0. The highest BCUT2D eigenvalue weighted by atomic mass is 32.2. The fourth-order valence-corrected chi connectivity index (χ4v) is 5.03. The minimum Gasteiger partial charge on any atom is -0.492 e. The van der Waals surface area contributed by atoms with E-state index in [9.17, 15) is 18.5 Å². The molecule has 0 aromatic heterocycles. The number of non-ortho nitro benzene ring substituents is 1. The molecule has 200 valence electrons. The van der Waals surface area contributed by atoms with Gasteiger partial charge in [-0.25, -0.2) is 0 Å². The Morgan fingerprint density at radius 1 is 0.763 bits per heavy atom. The topological polar surface area (TPSA) is 105 Å². The van der Waals surface area contributed by atoms with Gasteiger partial charge in [0, 0.05) is 33.7 Å². The van der Waals surface area contributed by atoms with Crippen molar-refractivity contribution >= 4 is 37.4 Å². The standard InChI is InChI=1S/C29H31NO7S/c1-3-5-17-35-28-24-9-7-8-10-25(24)29(36-18-6-4-2)27-19-23(15-16-26(27)28)38(33,34)37-20-21-11-13-22(14-12-21)30(31)32/h7-16,19H,3-6,17-18,20H2,1-2H3. The van der Waals surface area contributed by atoms with E-state index in [1.807, 2.05) is 24.3 Å². The first-order valence-electron chi connectivity index (χ1n) is 12.7. The first kappa shape index (κ1) is 27.3. The van der Waals surface area contributed by atoms with Gasteiger partial charge < -0.3 is 9.47 Å². The predicted molar refractivity (Wildman–Crippen MR) is 147 cm³/mol. The zero-order chi connectivity index (χ0) is 27.1. The van der Waals surface area contributed by atoms with Crippen LogP contribution in [-0.4, -0.2) is 26.6 Å². The molecule has 8 nitrogen and oxygen atoms in total. The summed E-state index contributed by atoms with van der Waals surface area (Å²) in [5.41, 5.74) is 0.423. The van der Waals surface area contributed by atoms with Gasteiger partial charge in [-0.3, -0.25) is 14.3 Å². The zero-order valence-corrected chi connectivity index (χ0v) is 22.3. The average molecular weight is 538 g/mol. The van der Waals surface area contributed by atoms with E-state index in [0.29, 0.717) is 35.7 Å². The summed E-state index contributed by atoms with van der Waals surface area (Å²) in [7, 11) is -4.14. The maximum Gasteiger partial charge on any atom is 0.297 e. The Morgan fingerprint density at radius 3 is 1.87 bits per heavy atom. The maximum absolute atomic E-state index is 13.2. The molecule has 0 aliphatic rings. The first-order valence-corrected chi connectivity index (χ1v) is 14.1. The predicted octanol–water partition coefficient (Wildman–Crippen LogP) is 7.16. The van der Waals surface area contributed by atoms with Crippen LogP contribution in [0.1, 0.15) is 45.1 Å². The van der Waals surface area contributed by atoms with E-state index in [4.69, 9.17) is 13.7 Å². The molecule has 0 bridgehead atoms. The minimum absolute atomic E-state index is 0.0120. The van der Waals surface area contributed by atoms with Crippen LogP contribution in [0.2, 0.25) is 0 Å². The number of nitro benzene ring substituents is 1. The average Bonchev–Trinajstić information content (AvgIpc) is 2.93. The molecule has 0 atom stereocenters. The third-order valence-electron chi connectivity index (χ3n) is 6.20. The van der Waals surface area contributed by atoms with Gasteiger partial charge in [-0.15, -0.1) is 0 Å². The minimum atomic E-state index is -4.14. The summed E-state index contributed by atoms with van der Waals surface area (Å²) < 4.78 is 44.1. The molecule has 38 heavy (non-hydrogen) atoms. The van der Waals surface area contributed by atoms with Crippen LogP contribution in [0.3, 0.4) is 0 Å². The fraction of sp³-hybridized carbons (Fsp3) is 0.310. The SMILES string of the molecule is CCCCOc1c2ccccc2c(OCCCC)c2cc(S(=O)(=O)OCc3ccc([N+](=O)[O-])cc3)ccc12. The van der Waals surface area contributed by atoms with Gasteiger partial charge >= 0.3 is 0 Å². The van der Waals surface area contributed by atoms with Crippen molar-refractivity contribution in [1.82, 2.24) is 0 Å². The molecule has 0 saturated heterocycles. The molecule has 0 fully saturated rings. The number of rotatable bonds is 13. The molecule has 0 radical (unpaired) electrons. The molecule has 0 N–H and O–H groups in total. The third-order valence-corrected chi connectivity index (χ3v) is 7.46. The van der Waals surface area contributed by atoms with Gasteiger partial charge in [-0.2, -0.15) is 8.42 Å². The Bertz CT molecular complexity index is 1530. The van der Waals surface area contributed by atoms with Gasteiger partial charge in [-0.05, 0) is 48.7 Å². The second-order valence-corrected chi connectivity index (χ2v) is 10.6. The van der Waals surface area contributed by atoms with E-state index in [0.717, 1.165) is 41.8 Å². The lowest BCUT2D eigenvalue weighted by Gasteiger charge is -2.18. The van der Waals surface area contributed by atoms with Crippen molar-refractivity contribution in [2.24, 2.45) is 0 Å². The molecule has 4 aromatic carbocycles. The molecule has 0 aliphatic carbocycles. The van der Waals surface area contributed by atoms with E-state index in [2.05, 4.69) is 13.8 Å². The molecule has 0 spiro atoms. The normalized spacial score (nSPS) is 11.6. The van der Waals surface area contributed by atoms with Crippen molar-refractivity contribution < 1.29 is 27.0 Å². The monoisotopic (exact) mass is 537 g/mol. The van der Waals surface area contributed by atoms with Gasteiger partial charge in [0.2, 0.25) is 0 Å². The van der Waals surface area contributed by atoms with Crippen LogP contribution in [0.5, 0.6) is 11.5 Å². The summed E-state index contributed by atoms with van der Waals surface area (Å²) in [6.07, 6.45) is 3.71. The third kappa shape index (κ3) is 6.06. The molecule has 4 rings (SSSR count). The van der Waals surface area contributed by atoms with Crippen LogP contribution in [0.25, 0.3) is 21.5 Å². The molecule has 0 heterocycles. The van der Waals surface area contributed by atoms with Crippen molar-refractivity contribution in [3.8, 4) is 11.5 Å². The number of nitro groups is 1. The van der Waals surface area contributed by atoms with Crippen LogP contribution < -0.4 is 9.47 Å². The number of hydrogen-bond donors (Lipinski definition) is 0. The summed E-state index contributed by atoms with van der Waals surface area (Å²) in [5, 5.41) is 14.0. The van der Waals surface area contributed by atoms with Crippen molar-refractivity contribution in [2.75, 3.05) is 13.2 Å². The van der Waals surface area contributed by atoms with Gasteiger partial charge in [0.25, 0.3) is 15.8 Å². The lowest BCUT2D eigenvalue weighted by atomic mass is 10.0. The number of unbranched alkanes of at least 4 members (excludes halogenated alkanes) is 2. The van der Waals surface area contributed by atoms with Crippen LogP contribution in [0, 0.1) is 10.1 Å². The van der Waals surface area contributed by atoms with Gasteiger partial charge in [-0.1, -0.05) is 51.0 Å². The second-order valence-electron chi connectivity index (χ2n) is 8.96. The smallest absolute Gasteiger partial charge is 0.297 e. The molecule has 0 aliphatic heterocycles. The van der Waals surface area contributed by atoms with Crippen LogP contribution >= 0.6 is 0 Å². The summed E-state index contributed by atoms with van der Waals surface area (Å²) in [4.78, 5) is 10.3. The van der Waals surface area contributed by atoms with E-state index in [-0.39, 0.29) is 17.2 Å². The Kier molecular flexibility index (Phi) is 8.81. The Morgan fingerprint density at radius 2 is 1.32 bits per heavy atom. The largest absolute Gasteiger partial charge is 0.492 e. The maximum atomic E-state index is 13.2. The molecule has 0 saturated carbocycles. The number of nitrogens with zero attached hydrogens (tertiary/aromatic N) is 1. The molecule has 0 unspecified atom stereocenters. The summed E-state index contributed by atoms with van der Waals surface area (Å²) in [6, 6.07) is 18.2. The molecule has 0 amide bonds. The highest BCUT2D eigenvalue weighted by Crippen LogP contribution is 2.43. The lowest BCUT2D eigenvalue weighted by molar-refractivity contribution is -0.384. The highest BCUT2D eigenvalue weighted by Gasteiger charge is 2.21.